The van der Waals surface area contributed by atoms with Gasteiger partial charge in [-0.1, -0.05) is 12.1 Å². The molecule has 1 N–H and O–H groups in total. The van der Waals surface area contributed by atoms with Crippen LogP contribution in [0.1, 0.15) is 26.4 Å². The van der Waals surface area contributed by atoms with Gasteiger partial charge in [0.15, 0.2) is 17.3 Å². The number of thiophene rings is 1. The maximum absolute atomic E-state index is 14.5. The minimum atomic E-state index is -1.11. The Morgan fingerprint density at radius 3 is 2.65 bits per heavy atom. The van der Waals surface area contributed by atoms with E-state index in [-0.39, 0.29) is 38.5 Å². The van der Waals surface area contributed by atoms with Crippen molar-refractivity contribution in [3.05, 3.63) is 76.2 Å². The van der Waals surface area contributed by atoms with E-state index in [1.807, 2.05) is 0 Å². The van der Waals surface area contributed by atoms with Gasteiger partial charge in [-0.3, -0.25) is 4.79 Å². The van der Waals surface area contributed by atoms with Gasteiger partial charge in [-0.15, -0.1) is 11.3 Å². The van der Waals surface area contributed by atoms with Gasteiger partial charge < -0.3 is 10.1 Å². The van der Waals surface area contributed by atoms with Crippen LogP contribution in [0.3, 0.4) is 0 Å². The average Bonchev–Trinajstić information content (AvgIpc) is 3.37. The van der Waals surface area contributed by atoms with Gasteiger partial charge in [0.05, 0.1) is 17.7 Å². The molecular weight excluding hydrogens is 431 g/mol. The first kappa shape index (κ1) is 20.6. The second-order valence-electron chi connectivity index (χ2n) is 6.57. The van der Waals surface area contributed by atoms with Crippen LogP contribution in [0.4, 0.5) is 18.9 Å². The van der Waals surface area contributed by atoms with Crippen LogP contribution in [0.2, 0.25) is 0 Å². The van der Waals surface area contributed by atoms with E-state index < -0.39 is 29.3 Å². The number of nitrogens with zero attached hydrogens (tertiary/aromatic N) is 2. The third kappa shape index (κ3) is 3.55. The maximum Gasteiger partial charge on any atom is 0.341 e. The van der Waals surface area contributed by atoms with Crippen molar-refractivity contribution in [3.8, 4) is 10.4 Å². The number of methoxy groups -OCH3 is 1. The Morgan fingerprint density at radius 1 is 1.16 bits per heavy atom. The molecule has 158 valence electrons. The number of anilines is 1. The van der Waals surface area contributed by atoms with Gasteiger partial charge in [-0.2, -0.15) is 5.10 Å². The van der Waals surface area contributed by atoms with Crippen molar-refractivity contribution in [1.82, 2.24) is 9.61 Å². The molecule has 0 aliphatic rings. The monoisotopic (exact) mass is 445 g/mol. The fourth-order valence-electron chi connectivity index (χ4n) is 3.05. The number of ether oxygens (including phenoxy) is 1. The summed E-state index contributed by atoms with van der Waals surface area (Å²) in [5, 5.41) is 7.93. The number of aryl methyl sites for hydroxylation is 1. The summed E-state index contributed by atoms with van der Waals surface area (Å²) in [5.41, 5.74) is -0.105. The van der Waals surface area contributed by atoms with E-state index in [9.17, 15) is 22.8 Å². The Kier molecular flexibility index (Phi) is 5.24. The number of hydrogen-bond acceptors (Lipinski definition) is 5. The Morgan fingerprint density at radius 2 is 1.94 bits per heavy atom. The van der Waals surface area contributed by atoms with Crippen LogP contribution in [0.25, 0.3) is 16.0 Å². The second kappa shape index (κ2) is 7.88. The van der Waals surface area contributed by atoms with Crippen molar-refractivity contribution in [2.24, 2.45) is 0 Å². The second-order valence-corrected chi connectivity index (χ2v) is 7.45. The zero-order chi connectivity index (χ0) is 22.3. The van der Waals surface area contributed by atoms with Gasteiger partial charge in [-0.25, -0.2) is 22.5 Å². The maximum atomic E-state index is 14.5. The number of carbonyl (C=O) groups excluding carboxylic acids is 2. The Balaban J connectivity index is 1.75. The molecule has 0 unspecified atom stereocenters. The zero-order valence-corrected chi connectivity index (χ0v) is 17.0. The Hall–Kier alpha value is -3.66. The normalized spacial score (nSPS) is 11.0. The molecule has 31 heavy (non-hydrogen) atoms. The average molecular weight is 445 g/mol. The Bertz CT molecular complexity index is 1350. The highest BCUT2D eigenvalue weighted by molar-refractivity contribution is 7.14. The predicted octanol–water partition coefficient (Wildman–Crippen LogP) is 4.83. The quantitative estimate of drug-likeness (QED) is 0.457. The molecule has 0 bridgehead atoms. The van der Waals surface area contributed by atoms with Crippen LogP contribution < -0.4 is 5.32 Å². The number of fused-ring (bicyclic) bond motifs is 1. The highest BCUT2D eigenvalue weighted by atomic mass is 32.1. The van der Waals surface area contributed by atoms with E-state index in [2.05, 4.69) is 10.4 Å². The van der Waals surface area contributed by atoms with Gasteiger partial charge in [0.25, 0.3) is 5.91 Å². The summed E-state index contributed by atoms with van der Waals surface area (Å²) in [5.74, 6) is -4.25. The van der Waals surface area contributed by atoms with Gasteiger partial charge in [-0.05, 0) is 30.7 Å². The van der Waals surface area contributed by atoms with Crippen molar-refractivity contribution in [2.45, 2.75) is 6.92 Å². The molecule has 0 saturated carbocycles. The summed E-state index contributed by atoms with van der Waals surface area (Å²) in [6, 6.07) is 6.66. The SMILES string of the molecule is COC(=O)c1c(NC(=O)c2cc3c(F)cccn3n2)csc1-c1ccc(C)c(F)c1F. The first-order chi connectivity index (χ1) is 14.8. The van der Waals surface area contributed by atoms with Crippen LogP contribution >= 0.6 is 11.3 Å². The number of benzene rings is 1. The molecule has 1 aromatic carbocycles. The number of nitrogens with one attached hydrogen (secondary N) is 1. The van der Waals surface area contributed by atoms with Crippen LogP contribution in [-0.4, -0.2) is 28.6 Å². The fraction of sp³-hybridized carbons (Fsp3) is 0.0952. The van der Waals surface area contributed by atoms with Crippen molar-refractivity contribution >= 4 is 34.4 Å². The number of amides is 1. The molecule has 10 heteroatoms. The van der Waals surface area contributed by atoms with Crippen LogP contribution in [0.5, 0.6) is 0 Å². The third-order valence-electron chi connectivity index (χ3n) is 4.63. The van der Waals surface area contributed by atoms with E-state index in [0.717, 1.165) is 18.4 Å². The fourth-order valence-corrected chi connectivity index (χ4v) is 4.06. The number of aromatic nitrogens is 2. The van der Waals surface area contributed by atoms with E-state index in [4.69, 9.17) is 4.74 Å². The van der Waals surface area contributed by atoms with Crippen LogP contribution in [-0.2, 0) is 4.74 Å². The lowest BCUT2D eigenvalue weighted by Gasteiger charge is -2.09. The summed E-state index contributed by atoms with van der Waals surface area (Å²) < 4.78 is 48.5. The smallest absolute Gasteiger partial charge is 0.341 e. The number of esters is 1. The van der Waals surface area contributed by atoms with Crippen molar-refractivity contribution in [3.63, 3.8) is 0 Å². The first-order valence-electron chi connectivity index (χ1n) is 8.91. The van der Waals surface area contributed by atoms with Gasteiger partial charge >= 0.3 is 5.97 Å². The van der Waals surface area contributed by atoms with E-state index in [1.165, 1.54) is 53.3 Å². The van der Waals surface area contributed by atoms with Crippen LogP contribution in [0, 0.1) is 24.4 Å². The van der Waals surface area contributed by atoms with Crippen molar-refractivity contribution in [2.75, 3.05) is 12.4 Å². The number of rotatable bonds is 4. The molecule has 4 rings (SSSR count). The summed E-state index contributed by atoms with van der Waals surface area (Å²) >= 11 is 0.939. The van der Waals surface area contributed by atoms with Crippen molar-refractivity contribution < 1.29 is 27.5 Å². The predicted molar refractivity (Wildman–Crippen MR) is 109 cm³/mol. The number of pyridine rings is 1. The lowest BCUT2D eigenvalue weighted by Crippen LogP contribution is -2.15. The van der Waals surface area contributed by atoms with Gasteiger partial charge in [0, 0.05) is 17.1 Å². The minimum absolute atomic E-state index is 0.0368. The molecule has 0 aliphatic heterocycles. The number of carbonyl (C=O) groups is 2. The molecule has 3 heterocycles. The van der Waals surface area contributed by atoms with Gasteiger partial charge in [0.2, 0.25) is 0 Å². The lowest BCUT2D eigenvalue weighted by atomic mass is 10.1. The van der Waals surface area contributed by atoms with E-state index >= 15 is 0 Å². The summed E-state index contributed by atoms with van der Waals surface area (Å²) in [6.07, 6.45) is 1.48. The minimum Gasteiger partial charge on any atom is -0.465 e. The van der Waals surface area contributed by atoms with Crippen LogP contribution in [0.15, 0.2) is 41.9 Å². The highest BCUT2D eigenvalue weighted by Crippen LogP contribution is 2.39. The molecule has 0 aliphatic carbocycles. The number of hydrogen-bond donors (Lipinski definition) is 1. The molecule has 0 atom stereocenters. The van der Waals surface area contributed by atoms with E-state index in [0.29, 0.717) is 0 Å². The molecule has 3 aromatic heterocycles. The topological polar surface area (TPSA) is 72.7 Å². The van der Waals surface area contributed by atoms with Crippen molar-refractivity contribution in [1.29, 1.82) is 0 Å². The zero-order valence-electron chi connectivity index (χ0n) is 16.2. The molecular formula is C21H14F3N3O3S. The summed E-state index contributed by atoms with van der Waals surface area (Å²) in [7, 11) is 1.13. The molecule has 6 nitrogen and oxygen atoms in total. The molecule has 0 fully saturated rings. The standard InChI is InChI=1S/C21H14F3N3O3S/c1-10-5-6-11(18(24)17(10)23)19-16(21(29)30-2)14(9-31-19)25-20(28)13-8-15-12(22)4-3-7-27(15)26-13/h3-9H,1-2H3,(H,25,28). The molecule has 0 spiro atoms. The molecule has 0 radical (unpaired) electrons. The molecule has 1 amide bonds. The van der Waals surface area contributed by atoms with E-state index in [1.54, 1.807) is 0 Å². The number of halogens is 3. The third-order valence-corrected chi connectivity index (χ3v) is 5.64. The lowest BCUT2D eigenvalue weighted by molar-refractivity contribution is 0.0603. The highest BCUT2D eigenvalue weighted by Gasteiger charge is 2.26. The summed E-state index contributed by atoms with van der Waals surface area (Å²) in [4.78, 5) is 25.2. The summed E-state index contributed by atoms with van der Waals surface area (Å²) in [6.45, 7) is 1.42. The Labute approximate surface area is 177 Å². The first-order valence-corrected chi connectivity index (χ1v) is 9.79. The molecule has 4 aromatic rings. The van der Waals surface area contributed by atoms with Gasteiger partial charge in [0.1, 0.15) is 16.9 Å². The largest absolute Gasteiger partial charge is 0.465 e. The molecule has 0 saturated heterocycles.